The van der Waals surface area contributed by atoms with E-state index in [2.05, 4.69) is 35.9 Å². The van der Waals surface area contributed by atoms with Crippen molar-refractivity contribution in [2.45, 2.75) is 64.3 Å². The smallest absolute Gasteiger partial charge is 0.259 e. The molecule has 0 bridgehead atoms. The number of amides is 1. The third kappa shape index (κ3) is 5.94. The monoisotopic (exact) mass is 412 g/mol. The zero-order chi connectivity index (χ0) is 20.8. The van der Waals surface area contributed by atoms with Crippen LogP contribution in [-0.2, 0) is 11.3 Å². The van der Waals surface area contributed by atoms with Gasteiger partial charge in [-0.2, -0.15) is 0 Å². The highest BCUT2D eigenvalue weighted by atomic mass is 35.5. The molecule has 1 fully saturated rings. The number of halogens is 1. The summed E-state index contributed by atoms with van der Waals surface area (Å²) in [5.41, 5.74) is 8.01. The second kappa shape index (κ2) is 10.1. The Bertz CT molecular complexity index is 863. The van der Waals surface area contributed by atoms with Crippen molar-refractivity contribution in [3.8, 4) is 0 Å². The lowest BCUT2D eigenvalue weighted by molar-refractivity contribution is -0.117. The zero-order valence-corrected chi connectivity index (χ0v) is 17.7. The number of allylic oxidation sites excluding steroid dienone is 3. The number of carbonyl (C=O) groups is 1. The molecule has 1 unspecified atom stereocenters. The number of aliphatic hydroxyl groups is 1. The van der Waals surface area contributed by atoms with Gasteiger partial charge in [0, 0.05) is 17.6 Å². The zero-order valence-electron chi connectivity index (χ0n) is 16.9. The van der Waals surface area contributed by atoms with Gasteiger partial charge in [-0.1, -0.05) is 47.5 Å². The maximum absolute atomic E-state index is 12.7. The van der Waals surface area contributed by atoms with Gasteiger partial charge in [0.15, 0.2) is 0 Å². The minimum absolute atomic E-state index is 0.148. The third-order valence-corrected chi connectivity index (χ3v) is 5.96. The van der Waals surface area contributed by atoms with Crippen molar-refractivity contribution >= 4 is 17.5 Å². The first-order chi connectivity index (χ1) is 14.0. The fourth-order valence-electron chi connectivity index (χ4n) is 4.03. The summed E-state index contributed by atoms with van der Waals surface area (Å²) in [5, 5.41) is 16.4. The molecule has 1 aromatic rings. The summed E-state index contributed by atoms with van der Waals surface area (Å²) < 4.78 is 0. The molecule has 4 nitrogen and oxygen atoms in total. The van der Waals surface area contributed by atoms with Gasteiger partial charge in [0.05, 0.1) is 5.57 Å². The Morgan fingerprint density at radius 1 is 1.34 bits per heavy atom. The van der Waals surface area contributed by atoms with Gasteiger partial charge in [-0.15, -0.1) is 5.73 Å². The Labute approximate surface area is 178 Å². The molecule has 0 spiro atoms. The summed E-state index contributed by atoms with van der Waals surface area (Å²) >= 11 is 5.91. The maximum Gasteiger partial charge on any atom is 0.259 e. The number of hydrogen-bond donors (Lipinski definition) is 3. The summed E-state index contributed by atoms with van der Waals surface area (Å²) in [4.78, 5) is 12.7. The molecule has 5 heteroatoms. The van der Waals surface area contributed by atoms with E-state index in [0.717, 1.165) is 49.7 Å². The van der Waals surface area contributed by atoms with Gasteiger partial charge in [-0.3, -0.25) is 10.1 Å². The molecule has 2 atom stereocenters. The van der Waals surface area contributed by atoms with Gasteiger partial charge >= 0.3 is 0 Å². The Hall–Kier alpha value is -2.10. The molecule has 1 heterocycles. The van der Waals surface area contributed by atoms with Crippen molar-refractivity contribution in [3.63, 3.8) is 0 Å². The molecular formula is C24H29ClN2O2. The van der Waals surface area contributed by atoms with Crippen LogP contribution in [0.15, 0.2) is 64.9 Å². The molecular weight excluding hydrogens is 384 g/mol. The molecule has 0 saturated carbocycles. The van der Waals surface area contributed by atoms with Crippen LogP contribution in [-0.4, -0.2) is 23.3 Å². The number of benzene rings is 1. The predicted octanol–water partition coefficient (Wildman–Crippen LogP) is 4.55. The molecule has 1 saturated heterocycles. The van der Waals surface area contributed by atoms with Crippen LogP contribution in [0.25, 0.3) is 0 Å². The molecule has 0 radical (unpaired) electrons. The van der Waals surface area contributed by atoms with Crippen LogP contribution in [0, 0.1) is 0 Å². The lowest BCUT2D eigenvalue weighted by Crippen LogP contribution is -2.28. The van der Waals surface area contributed by atoms with Gasteiger partial charge in [0.1, 0.15) is 6.23 Å². The minimum atomic E-state index is -0.347. The number of rotatable bonds is 7. The van der Waals surface area contributed by atoms with Gasteiger partial charge < -0.3 is 10.4 Å². The minimum Gasteiger partial charge on any atom is -0.379 e. The summed E-state index contributed by atoms with van der Waals surface area (Å²) in [7, 11) is 0. The normalized spacial score (nSPS) is 21.6. The van der Waals surface area contributed by atoms with E-state index in [0.29, 0.717) is 23.2 Å². The fourth-order valence-corrected chi connectivity index (χ4v) is 4.15. The molecule has 2 aliphatic rings. The molecule has 1 amide bonds. The second-order valence-corrected chi connectivity index (χ2v) is 8.29. The van der Waals surface area contributed by atoms with E-state index in [1.807, 2.05) is 24.3 Å². The van der Waals surface area contributed by atoms with Crippen LogP contribution in [0.1, 0.15) is 51.0 Å². The van der Waals surface area contributed by atoms with Crippen molar-refractivity contribution in [3.05, 3.63) is 75.5 Å². The van der Waals surface area contributed by atoms with Crippen LogP contribution in [0.3, 0.4) is 0 Å². The number of hydrogen-bond acceptors (Lipinski definition) is 3. The Balaban J connectivity index is 1.54. The highest BCUT2D eigenvalue weighted by Crippen LogP contribution is 2.32. The first kappa shape index (κ1) is 21.6. The van der Waals surface area contributed by atoms with E-state index in [1.54, 1.807) is 0 Å². The number of aliphatic hydroxyl groups excluding tert-OH is 1. The van der Waals surface area contributed by atoms with Crippen molar-refractivity contribution < 1.29 is 9.90 Å². The molecule has 3 rings (SSSR count). The quantitative estimate of drug-likeness (QED) is 0.349. The average molecular weight is 413 g/mol. The highest BCUT2D eigenvalue weighted by molar-refractivity contribution is 6.30. The lowest BCUT2D eigenvalue weighted by Gasteiger charge is -2.21. The Morgan fingerprint density at radius 3 is 2.72 bits per heavy atom. The van der Waals surface area contributed by atoms with Gasteiger partial charge in [0.25, 0.3) is 5.91 Å². The largest absolute Gasteiger partial charge is 0.379 e. The van der Waals surface area contributed by atoms with Crippen LogP contribution < -0.4 is 10.6 Å². The van der Waals surface area contributed by atoms with Gasteiger partial charge in [-0.25, -0.2) is 0 Å². The summed E-state index contributed by atoms with van der Waals surface area (Å²) in [5.74, 6) is -0.148. The topological polar surface area (TPSA) is 61.4 Å². The van der Waals surface area contributed by atoms with E-state index in [4.69, 9.17) is 11.6 Å². The lowest BCUT2D eigenvalue weighted by atomic mass is 9.86. The molecule has 3 N–H and O–H groups in total. The van der Waals surface area contributed by atoms with Gasteiger partial charge in [0.2, 0.25) is 0 Å². The van der Waals surface area contributed by atoms with Crippen LogP contribution in [0.5, 0.6) is 0 Å². The van der Waals surface area contributed by atoms with Crippen molar-refractivity contribution in [1.29, 1.82) is 0 Å². The molecule has 1 aliphatic carbocycles. The molecule has 29 heavy (non-hydrogen) atoms. The van der Waals surface area contributed by atoms with Crippen LogP contribution >= 0.6 is 11.6 Å². The van der Waals surface area contributed by atoms with Crippen molar-refractivity contribution in [1.82, 2.24) is 10.6 Å². The predicted molar refractivity (Wildman–Crippen MR) is 117 cm³/mol. The first-order valence-electron chi connectivity index (χ1n) is 10.2. The maximum atomic E-state index is 12.7. The van der Waals surface area contributed by atoms with E-state index in [9.17, 15) is 9.90 Å². The molecule has 154 valence electrons. The SMILES string of the molecule is C=C=C(C(=O)NCc1ccc(Cl)cc1)C1=C(C)CC(CC[C@@H]2CCC(O)N2)=CC1. The van der Waals surface area contributed by atoms with E-state index < -0.39 is 0 Å². The summed E-state index contributed by atoms with van der Waals surface area (Å²) in [6, 6.07) is 7.83. The fraction of sp³-hybridized carbons (Fsp3) is 0.417. The standard InChI is InChI=1S/C24H29ClN2O2/c1-3-21(24(29)26-15-18-4-8-19(25)9-5-18)22-12-7-17(14-16(22)2)6-10-20-11-13-23(28)27-20/h4-5,7-9,20,23,27-28H,1,6,10-15H2,2H3,(H,26,29)/t20-,23?/m1/s1. The third-order valence-electron chi connectivity index (χ3n) is 5.70. The molecule has 1 aromatic carbocycles. The van der Waals surface area contributed by atoms with Gasteiger partial charge in [-0.05, 0) is 68.7 Å². The van der Waals surface area contributed by atoms with Crippen molar-refractivity contribution in [2.24, 2.45) is 0 Å². The van der Waals surface area contributed by atoms with Crippen molar-refractivity contribution in [2.75, 3.05) is 0 Å². The summed E-state index contributed by atoms with van der Waals surface area (Å²) in [6.45, 7) is 6.27. The first-order valence-corrected chi connectivity index (χ1v) is 10.6. The molecule has 1 aliphatic heterocycles. The van der Waals surface area contributed by atoms with E-state index >= 15 is 0 Å². The van der Waals surface area contributed by atoms with E-state index in [-0.39, 0.29) is 12.1 Å². The molecule has 0 aromatic heterocycles. The summed E-state index contributed by atoms with van der Waals surface area (Å²) in [6.07, 6.45) is 7.42. The number of nitrogens with one attached hydrogen (secondary N) is 2. The van der Waals surface area contributed by atoms with Crippen LogP contribution in [0.2, 0.25) is 5.02 Å². The Kier molecular flexibility index (Phi) is 7.51. The second-order valence-electron chi connectivity index (χ2n) is 7.86. The Morgan fingerprint density at radius 2 is 2.10 bits per heavy atom. The van der Waals surface area contributed by atoms with Crippen LogP contribution in [0.4, 0.5) is 0 Å². The van der Waals surface area contributed by atoms with E-state index in [1.165, 1.54) is 11.1 Å². The number of carbonyl (C=O) groups excluding carboxylic acids is 1. The average Bonchev–Trinajstić information content (AvgIpc) is 3.13. The highest BCUT2D eigenvalue weighted by Gasteiger charge is 2.23.